The molecule has 1 heterocycles. The van der Waals surface area contributed by atoms with E-state index >= 15 is 0 Å². The average molecular weight is 245 g/mol. The molecule has 1 aromatic heterocycles. The fourth-order valence-corrected chi connectivity index (χ4v) is 1.48. The number of benzene rings is 1. The number of ether oxygens (including phenoxy) is 1. The van der Waals surface area contributed by atoms with Crippen molar-refractivity contribution >= 4 is 17.2 Å². The van der Waals surface area contributed by atoms with Crippen LogP contribution in [0.1, 0.15) is 11.3 Å². The Balaban J connectivity index is 2.37. The molecule has 2 rings (SSSR count). The maximum absolute atomic E-state index is 5.66. The minimum absolute atomic E-state index is 0.168. The van der Waals surface area contributed by atoms with Gasteiger partial charge >= 0.3 is 0 Å². The standard InChI is InChI=1S/C12H11N3OS/c1-8-4-2-3-5-9(8)16-12-10(11(13)17)14-6-7-15-12/h2-7H,1H3,(H2,13,17). The van der Waals surface area contributed by atoms with E-state index in [1.807, 2.05) is 31.2 Å². The second-order valence-electron chi connectivity index (χ2n) is 3.44. The Hall–Kier alpha value is -2.01. The molecule has 0 amide bonds. The molecule has 0 aliphatic carbocycles. The van der Waals surface area contributed by atoms with E-state index in [1.165, 1.54) is 12.4 Å². The maximum Gasteiger partial charge on any atom is 0.248 e. The van der Waals surface area contributed by atoms with Gasteiger partial charge in [0.15, 0.2) is 5.69 Å². The predicted octanol–water partition coefficient (Wildman–Crippen LogP) is 2.21. The fraction of sp³-hybridized carbons (Fsp3) is 0.0833. The third-order valence-electron chi connectivity index (χ3n) is 2.20. The van der Waals surface area contributed by atoms with Crippen LogP contribution in [0.2, 0.25) is 0 Å². The zero-order valence-corrected chi connectivity index (χ0v) is 10.1. The molecule has 0 spiro atoms. The van der Waals surface area contributed by atoms with Crippen molar-refractivity contribution in [1.82, 2.24) is 9.97 Å². The van der Waals surface area contributed by atoms with Crippen LogP contribution in [0.3, 0.4) is 0 Å². The maximum atomic E-state index is 5.66. The Morgan fingerprint density at radius 2 is 1.94 bits per heavy atom. The lowest BCUT2D eigenvalue weighted by atomic mass is 10.2. The van der Waals surface area contributed by atoms with Gasteiger partial charge in [0.2, 0.25) is 5.88 Å². The topological polar surface area (TPSA) is 61.0 Å². The Bertz CT molecular complexity index is 557. The number of thiocarbonyl (C=S) groups is 1. The van der Waals surface area contributed by atoms with E-state index < -0.39 is 0 Å². The Labute approximate surface area is 104 Å². The van der Waals surface area contributed by atoms with E-state index in [1.54, 1.807) is 0 Å². The van der Waals surface area contributed by atoms with Crippen LogP contribution in [-0.4, -0.2) is 15.0 Å². The van der Waals surface area contributed by atoms with E-state index in [4.69, 9.17) is 22.7 Å². The summed E-state index contributed by atoms with van der Waals surface area (Å²) in [5.41, 5.74) is 6.96. The lowest BCUT2D eigenvalue weighted by Crippen LogP contribution is -2.13. The van der Waals surface area contributed by atoms with Crippen LogP contribution in [0.15, 0.2) is 36.7 Å². The first kappa shape index (κ1) is 11.5. The summed E-state index contributed by atoms with van der Waals surface area (Å²) >= 11 is 4.89. The molecule has 0 radical (unpaired) electrons. The highest BCUT2D eigenvalue weighted by atomic mass is 32.1. The van der Waals surface area contributed by atoms with Crippen LogP contribution in [0, 0.1) is 6.92 Å². The zero-order valence-electron chi connectivity index (χ0n) is 9.25. The van der Waals surface area contributed by atoms with Crippen molar-refractivity contribution in [3.8, 4) is 11.6 Å². The van der Waals surface area contributed by atoms with E-state index in [0.717, 1.165) is 5.56 Å². The third-order valence-corrected chi connectivity index (χ3v) is 2.39. The third kappa shape index (κ3) is 2.57. The highest BCUT2D eigenvalue weighted by Gasteiger charge is 2.10. The highest BCUT2D eigenvalue weighted by Crippen LogP contribution is 2.24. The SMILES string of the molecule is Cc1ccccc1Oc1nccnc1C(N)=S. The van der Waals surface area contributed by atoms with Gasteiger partial charge in [-0.15, -0.1) is 0 Å². The Morgan fingerprint density at radius 1 is 1.24 bits per heavy atom. The molecule has 0 atom stereocenters. The molecule has 0 saturated heterocycles. The van der Waals surface area contributed by atoms with Gasteiger partial charge in [-0.1, -0.05) is 30.4 Å². The molecule has 1 aromatic carbocycles. The molecule has 4 nitrogen and oxygen atoms in total. The normalized spacial score (nSPS) is 9.94. The lowest BCUT2D eigenvalue weighted by Gasteiger charge is -2.09. The van der Waals surface area contributed by atoms with E-state index in [-0.39, 0.29) is 4.99 Å². The van der Waals surface area contributed by atoms with Crippen LogP contribution in [0.25, 0.3) is 0 Å². The number of nitrogens with zero attached hydrogens (tertiary/aromatic N) is 2. The van der Waals surface area contributed by atoms with E-state index in [0.29, 0.717) is 17.3 Å². The summed E-state index contributed by atoms with van der Waals surface area (Å²) in [4.78, 5) is 8.30. The number of hydrogen-bond acceptors (Lipinski definition) is 4. The van der Waals surface area contributed by atoms with Crippen molar-refractivity contribution in [1.29, 1.82) is 0 Å². The molecule has 2 N–H and O–H groups in total. The second kappa shape index (κ2) is 4.88. The summed E-state index contributed by atoms with van der Waals surface area (Å²) < 4.78 is 5.66. The van der Waals surface area contributed by atoms with Crippen molar-refractivity contribution in [3.05, 3.63) is 47.9 Å². The van der Waals surface area contributed by atoms with Crippen LogP contribution >= 0.6 is 12.2 Å². The minimum atomic E-state index is 0.168. The smallest absolute Gasteiger partial charge is 0.248 e. The number of hydrogen-bond donors (Lipinski definition) is 1. The lowest BCUT2D eigenvalue weighted by molar-refractivity contribution is 0.455. The summed E-state index contributed by atoms with van der Waals surface area (Å²) in [5, 5.41) is 0. The van der Waals surface area contributed by atoms with Gasteiger partial charge < -0.3 is 10.5 Å². The summed E-state index contributed by atoms with van der Waals surface area (Å²) in [6.07, 6.45) is 3.06. The monoisotopic (exact) mass is 245 g/mol. The molecule has 0 fully saturated rings. The molecule has 17 heavy (non-hydrogen) atoms. The Morgan fingerprint density at radius 3 is 2.65 bits per heavy atom. The van der Waals surface area contributed by atoms with E-state index in [9.17, 15) is 0 Å². The first-order valence-corrected chi connectivity index (χ1v) is 5.43. The van der Waals surface area contributed by atoms with Crippen molar-refractivity contribution in [2.24, 2.45) is 5.73 Å². The number of rotatable bonds is 3. The molecule has 0 saturated carbocycles. The molecule has 0 aliphatic rings. The van der Waals surface area contributed by atoms with Crippen LogP contribution in [0.4, 0.5) is 0 Å². The molecule has 0 aliphatic heterocycles. The average Bonchev–Trinajstić information content (AvgIpc) is 2.32. The molecule has 5 heteroatoms. The summed E-state index contributed by atoms with van der Waals surface area (Å²) in [6.45, 7) is 1.95. The van der Waals surface area contributed by atoms with Gasteiger partial charge in [-0.25, -0.2) is 9.97 Å². The molecule has 86 valence electrons. The summed E-state index contributed by atoms with van der Waals surface area (Å²) in [7, 11) is 0. The van der Waals surface area contributed by atoms with Crippen molar-refractivity contribution in [3.63, 3.8) is 0 Å². The fourth-order valence-electron chi connectivity index (χ4n) is 1.34. The van der Waals surface area contributed by atoms with Crippen LogP contribution in [0.5, 0.6) is 11.6 Å². The summed E-state index contributed by atoms with van der Waals surface area (Å²) in [5.74, 6) is 1.04. The van der Waals surface area contributed by atoms with Gasteiger partial charge in [-0.2, -0.15) is 0 Å². The van der Waals surface area contributed by atoms with Gasteiger partial charge in [0.05, 0.1) is 0 Å². The quantitative estimate of drug-likeness (QED) is 0.840. The number of nitrogens with two attached hydrogens (primary N) is 1. The molecule has 0 unspecified atom stereocenters. The summed E-state index contributed by atoms with van der Waals surface area (Å²) in [6, 6.07) is 7.63. The van der Waals surface area contributed by atoms with Gasteiger partial charge in [0.1, 0.15) is 10.7 Å². The van der Waals surface area contributed by atoms with Crippen molar-refractivity contribution in [2.45, 2.75) is 6.92 Å². The Kier molecular flexibility index (Phi) is 3.30. The molecular weight excluding hydrogens is 234 g/mol. The first-order valence-electron chi connectivity index (χ1n) is 5.03. The van der Waals surface area contributed by atoms with Gasteiger partial charge in [-0.05, 0) is 18.6 Å². The number of aromatic nitrogens is 2. The van der Waals surface area contributed by atoms with Gasteiger partial charge in [-0.3, -0.25) is 0 Å². The van der Waals surface area contributed by atoms with Gasteiger partial charge in [0.25, 0.3) is 0 Å². The van der Waals surface area contributed by atoms with Crippen LogP contribution in [-0.2, 0) is 0 Å². The predicted molar refractivity (Wildman–Crippen MR) is 69.2 cm³/mol. The molecule has 2 aromatic rings. The minimum Gasteiger partial charge on any atom is -0.437 e. The highest BCUT2D eigenvalue weighted by molar-refractivity contribution is 7.80. The first-order chi connectivity index (χ1) is 8.18. The largest absolute Gasteiger partial charge is 0.437 e. The molecular formula is C12H11N3OS. The van der Waals surface area contributed by atoms with Crippen molar-refractivity contribution in [2.75, 3.05) is 0 Å². The second-order valence-corrected chi connectivity index (χ2v) is 3.88. The number of para-hydroxylation sites is 1. The number of aryl methyl sites for hydroxylation is 1. The molecule has 0 bridgehead atoms. The van der Waals surface area contributed by atoms with Crippen molar-refractivity contribution < 1.29 is 4.74 Å². The van der Waals surface area contributed by atoms with E-state index in [2.05, 4.69) is 9.97 Å². The zero-order chi connectivity index (χ0) is 12.3. The van der Waals surface area contributed by atoms with Gasteiger partial charge in [0, 0.05) is 12.4 Å². The van der Waals surface area contributed by atoms with Crippen LogP contribution < -0.4 is 10.5 Å².